The van der Waals surface area contributed by atoms with Crippen LogP contribution in [0.3, 0.4) is 0 Å². The number of anilines is 1. The number of pyridine rings is 1. The summed E-state index contributed by atoms with van der Waals surface area (Å²) in [5, 5.41) is 3.01. The molecule has 1 heterocycles. The van der Waals surface area contributed by atoms with Crippen LogP contribution >= 0.6 is 0 Å². The molecule has 0 unspecified atom stereocenters. The smallest absolute Gasteiger partial charge is 0.261 e. The Balaban J connectivity index is 2.06. The van der Waals surface area contributed by atoms with Gasteiger partial charge in [-0.15, -0.1) is 0 Å². The van der Waals surface area contributed by atoms with Gasteiger partial charge in [-0.3, -0.25) is 9.59 Å². The Labute approximate surface area is 150 Å². The molecule has 0 aliphatic carbocycles. The number of carbonyl (C=O) groups excluding carboxylic acids is 1. The molecule has 134 valence electrons. The van der Waals surface area contributed by atoms with E-state index in [-0.39, 0.29) is 5.56 Å². The molecular weight excluding hydrogens is 335 g/mol. The zero-order valence-electron chi connectivity index (χ0n) is 14.8. The Bertz CT molecular complexity index is 1060. The molecule has 5 nitrogen and oxygen atoms in total. The highest BCUT2D eigenvalue weighted by atomic mass is 19.1. The van der Waals surface area contributed by atoms with Gasteiger partial charge in [0.15, 0.2) is 0 Å². The number of halogens is 1. The molecule has 0 bridgehead atoms. The van der Waals surface area contributed by atoms with Gasteiger partial charge in [-0.05, 0) is 49.7 Å². The van der Waals surface area contributed by atoms with Crippen molar-refractivity contribution >= 4 is 22.5 Å². The number of aromatic nitrogens is 1. The molecule has 2 aromatic carbocycles. The number of hydrogen-bond acceptors (Lipinski definition) is 3. The lowest BCUT2D eigenvalue weighted by Crippen LogP contribution is -2.23. The molecule has 1 amide bonds. The van der Waals surface area contributed by atoms with Crippen LogP contribution in [0.4, 0.5) is 10.1 Å². The summed E-state index contributed by atoms with van der Waals surface area (Å²) in [6.07, 6.45) is 1.48. The van der Waals surface area contributed by atoms with Crippen molar-refractivity contribution in [3.8, 4) is 5.75 Å². The first-order chi connectivity index (χ1) is 12.4. The third kappa shape index (κ3) is 3.31. The van der Waals surface area contributed by atoms with Crippen molar-refractivity contribution in [3.63, 3.8) is 0 Å². The van der Waals surface area contributed by atoms with Crippen molar-refractivity contribution in [1.29, 1.82) is 0 Å². The summed E-state index contributed by atoms with van der Waals surface area (Å²) in [6.45, 7) is 4.08. The summed E-state index contributed by atoms with van der Waals surface area (Å²) in [5.41, 5.74) is 1.32. The van der Waals surface area contributed by atoms with Gasteiger partial charge in [0.2, 0.25) is 5.43 Å². The molecule has 26 heavy (non-hydrogen) atoms. The van der Waals surface area contributed by atoms with Crippen molar-refractivity contribution in [2.75, 3.05) is 11.9 Å². The van der Waals surface area contributed by atoms with E-state index in [4.69, 9.17) is 4.74 Å². The maximum absolute atomic E-state index is 13.4. The highest BCUT2D eigenvalue weighted by Crippen LogP contribution is 2.20. The van der Waals surface area contributed by atoms with Gasteiger partial charge in [0, 0.05) is 18.9 Å². The largest absolute Gasteiger partial charge is 0.494 e. The van der Waals surface area contributed by atoms with Gasteiger partial charge in [-0.25, -0.2) is 4.39 Å². The van der Waals surface area contributed by atoms with Crippen LogP contribution in [0, 0.1) is 12.7 Å². The van der Waals surface area contributed by atoms with E-state index in [0.29, 0.717) is 34.5 Å². The Kier molecular flexibility index (Phi) is 4.75. The molecule has 1 aromatic heterocycles. The Morgan fingerprint density at radius 1 is 1.23 bits per heavy atom. The Morgan fingerprint density at radius 2 is 2.00 bits per heavy atom. The number of hydrogen-bond donors (Lipinski definition) is 1. The number of benzene rings is 2. The number of aryl methyl sites for hydroxylation is 2. The van der Waals surface area contributed by atoms with Crippen molar-refractivity contribution in [1.82, 2.24) is 4.57 Å². The van der Waals surface area contributed by atoms with Gasteiger partial charge < -0.3 is 14.6 Å². The fraction of sp³-hybridized carbons (Fsp3) is 0.200. The second-order valence-corrected chi connectivity index (χ2v) is 6.01. The summed E-state index contributed by atoms with van der Waals surface area (Å²) < 4.78 is 20.6. The zero-order chi connectivity index (χ0) is 18.8. The number of ether oxygens (including phenoxy) is 1. The van der Waals surface area contributed by atoms with Gasteiger partial charge in [0.25, 0.3) is 5.91 Å². The number of carbonyl (C=O) groups is 1. The first-order valence-corrected chi connectivity index (χ1v) is 8.24. The van der Waals surface area contributed by atoms with E-state index in [1.54, 1.807) is 42.8 Å². The Morgan fingerprint density at radius 3 is 2.73 bits per heavy atom. The summed E-state index contributed by atoms with van der Waals surface area (Å²) in [6, 6.07) is 9.30. The summed E-state index contributed by atoms with van der Waals surface area (Å²) in [7, 11) is 1.76. The highest BCUT2D eigenvalue weighted by molar-refractivity contribution is 6.06. The minimum Gasteiger partial charge on any atom is -0.494 e. The SMILES string of the molecule is CCOc1ccc2c(c1)c(=O)c(C(=O)Nc1cc(F)ccc1C)cn2C. The monoisotopic (exact) mass is 354 g/mol. The number of nitrogens with zero attached hydrogens (tertiary/aromatic N) is 1. The van der Waals surface area contributed by atoms with Gasteiger partial charge in [-0.2, -0.15) is 0 Å². The van der Waals surface area contributed by atoms with Gasteiger partial charge in [0.1, 0.15) is 17.1 Å². The minimum absolute atomic E-state index is 0.0164. The topological polar surface area (TPSA) is 60.3 Å². The summed E-state index contributed by atoms with van der Waals surface area (Å²) in [5.74, 6) is -0.475. The van der Waals surface area contributed by atoms with Crippen LogP contribution in [0.15, 0.2) is 47.4 Å². The van der Waals surface area contributed by atoms with Crippen molar-refractivity contribution < 1.29 is 13.9 Å². The minimum atomic E-state index is -0.581. The predicted molar refractivity (Wildman–Crippen MR) is 99.4 cm³/mol. The van der Waals surface area contributed by atoms with Crippen LogP contribution in [-0.2, 0) is 7.05 Å². The molecule has 0 aliphatic heterocycles. The summed E-state index contributed by atoms with van der Waals surface area (Å²) >= 11 is 0. The fourth-order valence-corrected chi connectivity index (χ4v) is 2.81. The molecular formula is C20H19FN2O3. The van der Waals surface area contributed by atoms with E-state index < -0.39 is 17.2 Å². The second kappa shape index (κ2) is 7.00. The van der Waals surface area contributed by atoms with Crippen LogP contribution in [0.5, 0.6) is 5.75 Å². The maximum Gasteiger partial charge on any atom is 0.261 e. The van der Waals surface area contributed by atoms with Crippen LogP contribution in [0.2, 0.25) is 0 Å². The van der Waals surface area contributed by atoms with Crippen molar-refractivity contribution in [2.24, 2.45) is 7.05 Å². The standard InChI is InChI=1S/C20H19FN2O3/c1-4-26-14-7-8-18-15(10-14)19(24)16(11-23(18)3)20(25)22-17-9-13(21)6-5-12(17)2/h5-11H,4H2,1-3H3,(H,22,25). The van der Waals surface area contributed by atoms with E-state index in [2.05, 4.69) is 5.32 Å². The maximum atomic E-state index is 13.4. The normalized spacial score (nSPS) is 10.8. The fourth-order valence-electron chi connectivity index (χ4n) is 2.81. The number of fused-ring (bicyclic) bond motifs is 1. The highest BCUT2D eigenvalue weighted by Gasteiger charge is 2.16. The third-order valence-corrected chi connectivity index (χ3v) is 4.16. The quantitative estimate of drug-likeness (QED) is 0.778. The Hall–Kier alpha value is -3.15. The first-order valence-electron chi connectivity index (χ1n) is 8.24. The van der Waals surface area contributed by atoms with Gasteiger partial charge in [-0.1, -0.05) is 6.07 Å². The molecule has 0 spiro atoms. The zero-order valence-corrected chi connectivity index (χ0v) is 14.8. The number of nitrogens with one attached hydrogen (secondary N) is 1. The third-order valence-electron chi connectivity index (χ3n) is 4.16. The molecule has 0 fully saturated rings. The van der Waals surface area contributed by atoms with E-state index in [1.807, 2.05) is 6.92 Å². The van der Waals surface area contributed by atoms with Crippen molar-refractivity contribution in [2.45, 2.75) is 13.8 Å². The van der Waals surface area contributed by atoms with Gasteiger partial charge in [0.05, 0.1) is 17.5 Å². The van der Waals surface area contributed by atoms with Crippen LogP contribution in [0.1, 0.15) is 22.8 Å². The molecule has 6 heteroatoms. The van der Waals surface area contributed by atoms with E-state index >= 15 is 0 Å². The lowest BCUT2D eigenvalue weighted by Gasteiger charge is -2.12. The van der Waals surface area contributed by atoms with Crippen LogP contribution in [-0.4, -0.2) is 17.1 Å². The lowest BCUT2D eigenvalue weighted by molar-refractivity contribution is 0.102. The molecule has 0 saturated heterocycles. The molecule has 0 radical (unpaired) electrons. The van der Waals surface area contributed by atoms with E-state index in [9.17, 15) is 14.0 Å². The molecule has 0 atom stereocenters. The molecule has 3 aromatic rings. The average Bonchev–Trinajstić information content (AvgIpc) is 2.61. The molecule has 3 rings (SSSR count). The van der Waals surface area contributed by atoms with Gasteiger partial charge >= 0.3 is 0 Å². The lowest BCUT2D eigenvalue weighted by atomic mass is 10.1. The van der Waals surface area contributed by atoms with Crippen molar-refractivity contribution in [3.05, 3.63) is 69.8 Å². The van der Waals surface area contributed by atoms with E-state index in [1.165, 1.54) is 18.3 Å². The van der Waals surface area contributed by atoms with E-state index in [0.717, 1.165) is 0 Å². The first kappa shape index (κ1) is 17.7. The summed E-state index contributed by atoms with van der Waals surface area (Å²) in [4.78, 5) is 25.4. The van der Waals surface area contributed by atoms with Crippen LogP contribution < -0.4 is 15.5 Å². The number of amides is 1. The second-order valence-electron chi connectivity index (χ2n) is 6.01. The molecule has 0 saturated carbocycles. The number of rotatable bonds is 4. The van der Waals surface area contributed by atoms with Crippen LogP contribution in [0.25, 0.3) is 10.9 Å². The average molecular weight is 354 g/mol. The predicted octanol–water partition coefficient (Wildman–Crippen LogP) is 3.64. The molecule has 1 N–H and O–H groups in total. The molecule has 0 aliphatic rings.